The Hall–Kier alpha value is -1.40. The normalized spacial score (nSPS) is 18.9. The van der Waals surface area contributed by atoms with Crippen LogP contribution in [0.1, 0.15) is 36.5 Å². The van der Waals surface area contributed by atoms with Crippen molar-refractivity contribution in [2.45, 2.75) is 31.1 Å². The zero-order chi connectivity index (χ0) is 16.9. The number of ether oxygens (including phenoxy) is 1. The quantitative estimate of drug-likeness (QED) is 0.798. The van der Waals surface area contributed by atoms with Gasteiger partial charge in [0, 0.05) is 25.8 Å². The van der Waals surface area contributed by atoms with Crippen molar-refractivity contribution in [1.82, 2.24) is 4.90 Å². The fraction of sp³-hybridized carbons (Fsp3) is 0.588. The second kappa shape index (κ2) is 7.93. The minimum Gasteiger partial charge on any atom is -0.384 e. The van der Waals surface area contributed by atoms with Crippen LogP contribution in [0.4, 0.5) is 0 Å². The second-order valence-corrected chi connectivity index (χ2v) is 8.11. The number of amides is 1. The van der Waals surface area contributed by atoms with E-state index in [-0.39, 0.29) is 23.2 Å². The molecule has 128 valence electrons. The van der Waals surface area contributed by atoms with Crippen LogP contribution >= 0.6 is 0 Å². The molecule has 0 saturated carbocycles. The van der Waals surface area contributed by atoms with Gasteiger partial charge >= 0.3 is 0 Å². The van der Waals surface area contributed by atoms with E-state index in [1.165, 1.54) is 25.7 Å². The standard InChI is InChI=1S/C17H25NO4S/c1-3-14-5-4-10-18(13-14)17(19)15-6-8-16(9-7-15)23(20,21)12-11-22-2/h6-9,14H,3-5,10-13H2,1-2H3/t14-/m0/s1. The molecule has 0 bridgehead atoms. The van der Waals surface area contributed by atoms with Crippen LogP contribution in [-0.4, -0.2) is 51.8 Å². The highest BCUT2D eigenvalue weighted by molar-refractivity contribution is 7.91. The van der Waals surface area contributed by atoms with Gasteiger partial charge in [0.1, 0.15) is 0 Å². The van der Waals surface area contributed by atoms with Gasteiger partial charge in [-0.3, -0.25) is 4.79 Å². The number of likely N-dealkylation sites (tertiary alicyclic amines) is 1. The molecule has 1 aromatic carbocycles. The van der Waals surface area contributed by atoms with E-state index in [0.717, 1.165) is 25.9 Å². The Balaban J connectivity index is 2.08. The Morgan fingerprint density at radius 1 is 1.30 bits per heavy atom. The van der Waals surface area contributed by atoms with Crippen LogP contribution in [0, 0.1) is 5.92 Å². The van der Waals surface area contributed by atoms with E-state index in [4.69, 9.17) is 4.74 Å². The molecule has 23 heavy (non-hydrogen) atoms. The minimum absolute atomic E-state index is 0.0102. The second-order valence-electron chi connectivity index (χ2n) is 6.00. The van der Waals surface area contributed by atoms with Crippen LogP contribution in [0.2, 0.25) is 0 Å². The van der Waals surface area contributed by atoms with Crippen LogP contribution in [-0.2, 0) is 14.6 Å². The van der Waals surface area contributed by atoms with E-state index in [2.05, 4.69) is 6.92 Å². The lowest BCUT2D eigenvalue weighted by Crippen LogP contribution is -2.39. The van der Waals surface area contributed by atoms with Gasteiger partial charge in [0.25, 0.3) is 5.91 Å². The lowest BCUT2D eigenvalue weighted by Gasteiger charge is -2.32. The van der Waals surface area contributed by atoms with E-state index in [1.54, 1.807) is 12.1 Å². The first-order chi connectivity index (χ1) is 11.0. The zero-order valence-electron chi connectivity index (χ0n) is 13.8. The van der Waals surface area contributed by atoms with Crippen molar-refractivity contribution in [3.05, 3.63) is 29.8 Å². The van der Waals surface area contributed by atoms with Crippen molar-refractivity contribution in [3.8, 4) is 0 Å². The molecule has 1 aliphatic heterocycles. The Labute approximate surface area is 138 Å². The van der Waals surface area contributed by atoms with E-state index in [0.29, 0.717) is 11.5 Å². The number of carbonyl (C=O) groups is 1. The molecule has 6 heteroatoms. The summed E-state index contributed by atoms with van der Waals surface area (Å²) in [6.45, 7) is 3.89. The fourth-order valence-corrected chi connectivity index (χ4v) is 4.05. The molecule has 0 aromatic heterocycles. The van der Waals surface area contributed by atoms with Crippen LogP contribution in [0.15, 0.2) is 29.2 Å². The average molecular weight is 339 g/mol. The monoisotopic (exact) mass is 339 g/mol. The maximum absolute atomic E-state index is 12.6. The first-order valence-electron chi connectivity index (χ1n) is 8.09. The van der Waals surface area contributed by atoms with Crippen molar-refractivity contribution in [2.24, 2.45) is 5.92 Å². The SMILES string of the molecule is CC[C@H]1CCCN(C(=O)c2ccc(S(=O)(=O)CCOC)cc2)C1. The summed E-state index contributed by atoms with van der Waals surface area (Å²) >= 11 is 0. The summed E-state index contributed by atoms with van der Waals surface area (Å²) in [7, 11) is -1.88. The number of piperidine rings is 1. The van der Waals surface area contributed by atoms with Crippen molar-refractivity contribution in [3.63, 3.8) is 0 Å². The number of hydrogen-bond acceptors (Lipinski definition) is 4. The summed E-state index contributed by atoms with van der Waals surface area (Å²) in [6.07, 6.45) is 3.30. The molecule has 0 radical (unpaired) electrons. The van der Waals surface area contributed by atoms with Crippen LogP contribution in [0.5, 0.6) is 0 Å². The number of sulfone groups is 1. The van der Waals surface area contributed by atoms with E-state index < -0.39 is 9.84 Å². The molecule has 2 rings (SSSR count). The summed E-state index contributed by atoms with van der Waals surface area (Å²) in [5, 5.41) is 0. The molecular formula is C17H25NO4S. The van der Waals surface area contributed by atoms with Gasteiger partial charge < -0.3 is 9.64 Å². The number of methoxy groups -OCH3 is 1. The predicted molar refractivity (Wildman–Crippen MR) is 89.3 cm³/mol. The lowest BCUT2D eigenvalue weighted by atomic mass is 9.95. The molecule has 1 heterocycles. The Kier molecular flexibility index (Phi) is 6.18. The molecule has 1 saturated heterocycles. The van der Waals surface area contributed by atoms with Crippen LogP contribution in [0.3, 0.4) is 0 Å². The smallest absolute Gasteiger partial charge is 0.253 e. The zero-order valence-corrected chi connectivity index (χ0v) is 14.6. The van der Waals surface area contributed by atoms with E-state index >= 15 is 0 Å². The van der Waals surface area contributed by atoms with Gasteiger partial charge in [-0.2, -0.15) is 0 Å². The topological polar surface area (TPSA) is 63.7 Å². The molecule has 1 aliphatic rings. The molecule has 0 N–H and O–H groups in total. The Morgan fingerprint density at radius 3 is 2.61 bits per heavy atom. The largest absolute Gasteiger partial charge is 0.384 e. The molecule has 0 aliphatic carbocycles. The van der Waals surface area contributed by atoms with Gasteiger partial charge in [-0.25, -0.2) is 8.42 Å². The summed E-state index contributed by atoms with van der Waals surface area (Å²) in [5.74, 6) is 0.506. The third-order valence-electron chi connectivity index (χ3n) is 4.40. The van der Waals surface area contributed by atoms with Gasteiger partial charge in [-0.05, 0) is 43.0 Å². The predicted octanol–water partition coefficient (Wildman–Crippen LogP) is 2.37. The Morgan fingerprint density at radius 2 is 2.00 bits per heavy atom. The third-order valence-corrected chi connectivity index (χ3v) is 6.09. The number of nitrogens with zero attached hydrogens (tertiary/aromatic N) is 1. The third kappa shape index (κ3) is 4.54. The molecule has 1 atom stereocenters. The van der Waals surface area contributed by atoms with Gasteiger partial charge in [0.05, 0.1) is 17.3 Å². The number of carbonyl (C=O) groups excluding carboxylic acids is 1. The summed E-state index contributed by atoms with van der Waals surface area (Å²) in [6, 6.07) is 6.24. The van der Waals surface area contributed by atoms with Crippen LogP contribution < -0.4 is 0 Å². The molecule has 1 fully saturated rings. The summed E-state index contributed by atoms with van der Waals surface area (Å²) in [5.41, 5.74) is 0.549. The number of hydrogen-bond donors (Lipinski definition) is 0. The highest BCUT2D eigenvalue weighted by Gasteiger charge is 2.24. The number of benzene rings is 1. The van der Waals surface area contributed by atoms with Gasteiger partial charge in [-0.1, -0.05) is 13.3 Å². The first kappa shape index (κ1) is 17.9. The van der Waals surface area contributed by atoms with Crippen molar-refractivity contribution in [2.75, 3.05) is 32.6 Å². The van der Waals surface area contributed by atoms with Gasteiger partial charge in [0.15, 0.2) is 9.84 Å². The molecule has 5 nitrogen and oxygen atoms in total. The minimum atomic E-state index is -3.35. The molecule has 1 aromatic rings. The maximum atomic E-state index is 12.6. The van der Waals surface area contributed by atoms with Crippen molar-refractivity contribution >= 4 is 15.7 Å². The maximum Gasteiger partial charge on any atom is 0.253 e. The fourth-order valence-electron chi connectivity index (χ4n) is 2.88. The van der Waals surface area contributed by atoms with E-state index in [1.807, 2.05) is 4.90 Å². The Bertz CT molecular complexity index is 624. The lowest BCUT2D eigenvalue weighted by molar-refractivity contribution is 0.0671. The highest BCUT2D eigenvalue weighted by Crippen LogP contribution is 2.21. The average Bonchev–Trinajstić information content (AvgIpc) is 2.59. The summed E-state index contributed by atoms with van der Waals surface area (Å²) < 4.78 is 29.0. The van der Waals surface area contributed by atoms with Gasteiger partial charge in [0.2, 0.25) is 0 Å². The first-order valence-corrected chi connectivity index (χ1v) is 9.74. The van der Waals surface area contributed by atoms with Crippen molar-refractivity contribution in [1.29, 1.82) is 0 Å². The summed E-state index contributed by atoms with van der Waals surface area (Å²) in [4.78, 5) is 14.7. The highest BCUT2D eigenvalue weighted by atomic mass is 32.2. The molecule has 1 amide bonds. The molecule has 0 spiro atoms. The van der Waals surface area contributed by atoms with Gasteiger partial charge in [-0.15, -0.1) is 0 Å². The van der Waals surface area contributed by atoms with E-state index in [9.17, 15) is 13.2 Å². The van der Waals surface area contributed by atoms with Crippen molar-refractivity contribution < 1.29 is 17.9 Å². The number of rotatable bonds is 6. The molecular weight excluding hydrogens is 314 g/mol. The molecule has 0 unspecified atom stereocenters. The van der Waals surface area contributed by atoms with Crippen LogP contribution in [0.25, 0.3) is 0 Å².